The number of anilines is 1. The van der Waals surface area contributed by atoms with Crippen molar-refractivity contribution in [2.45, 2.75) is 13.0 Å². The molecule has 1 amide bonds. The highest BCUT2D eigenvalue weighted by molar-refractivity contribution is 6.36. The summed E-state index contributed by atoms with van der Waals surface area (Å²) in [5, 5.41) is 10.7. The molecule has 2 aromatic rings. The van der Waals surface area contributed by atoms with E-state index in [0.717, 1.165) is 0 Å². The Kier molecular flexibility index (Phi) is 8.47. The molecule has 2 rings (SSSR count). The van der Waals surface area contributed by atoms with Crippen molar-refractivity contribution in [1.29, 1.82) is 0 Å². The maximum absolute atomic E-state index is 12.8. The van der Waals surface area contributed by atoms with Crippen LogP contribution < -0.4 is 24.3 Å². The average molecular weight is 470 g/mol. The number of rotatable bonds is 9. The van der Waals surface area contributed by atoms with Crippen molar-refractivity contribution >= 4 is 46.3 Å². The van der Waals surface area contributed by atoms with Gasteiger partial charge in [-0.25, -0.2) is 0 Å². The van der Waals surface area contributed by atoms with Gasteiger partial charge in [0, 0.05) is 12.1 Å². The van der Waals surface area contributed by atoms with Crippen LogP contribution in [-0.4, -0.2) is 46.2 Å². The van der Waals surface area contributed by atoms with Gasteiger partial charge in [-0.2, -0.15) is 10.2 Å². The third kappa shape index (κ3) is 5.56. The van der Waals surface area contributed by atoms with E-state index in [9.17, 15) is 9.59 Å². The average Bonchev–Trinajstić information content (AvgIpc) is 2.75. The summed E-state index contributed by atoms with van der Waals surface area (Å²) in [4.78, 5) is 24.9. The molecule has 1 unspecified atom stereocenters. The maximum Gasteiger partial charge on any atom is 0.258 e. The van der Waals surface area contributed by atoms with Gasteiger partial charge in [0.1, 0.15) is 44.4 Å². The highest BCUT2D eigenvalue weighted by Crippen LogP contribution is 2.40. The largest absolute Gasteiger partial charge is 0.497 e. The molecule has 0 aromatic heterocycles. The molecule has 0 radical (unpaired) electrons. The number of Topliss-reactive ketones (excluding diaryl/α,β-unsaturated/α-hetero) is 1. The van der Waals surface area contributed by atoms with Crippen LogP contribution in [0.15, 0.2) is 34.5 Å². The normalized spacial score (nSPS) is 11.7. The first-order chi connectivity index (χ1) is 14.8. The van der Waals surface area contributed by atoms with E-state index in [0.29, 0.717) is 17.2 Å². The molecule has 0 aliphatic rings. The van der Waals surface area contributed by atoms with Crippen molar-refractivity contribution in [2.24, 2.45) is 10.2 Å². The first kappa shape index (κ1) is 24.2. The Morgan fingerprint density at radius 3 is 2.06 bits per heavy atom. The van der Waals surface area contributed by atoms with Gasteiger partial charge in [0.2, 0.25) is 6.04 Å². The van der Waals surface area contributed by atoms with Crippen molar-refractivity contribution in [3.8, 4) is 23.0 Å². The summed E-state index contributed by atoms with van der Waals surface area (Å²) < 4.78 is 20.7. The molecule has 0 heterocycles. The lowest BCUT2D eigenvalue weighted by atomic mass is 10.2. The molecule has 166 valence electrons. The van der Waals surface area contributed by atoms with E-state index in [1.807, 2.05) is 0 Å². The maximum atomic E-state index is 12.8. The van der Waals surface area contributed by atoms with Crippen LogP contribution in [0.1, 0.15) is 6.92 Å². The highest BCUT2D eigenvalue weighted by atomic mass is 35.5. The quantitative estimate of drug-likeness (QED) is 0.420. The Bertz CT molecular complexity index is 1010. The highest BCUT2D eigenvalue weighted by Gasteiger charge is 2.26. The molecule has 0 fully saturated rings. The summed E-state index contributed by atoms with van der Waals surface area (Å²) in [6.45, 7) is 1.21. The van der Waals surface area contributed by atoms with Crippen molar-refractivity contribution in [1.82, 2.24) is 0 Å². The molecule has 31 heavy (non-hydrogen) atoms. The fourth-order valence-corrected chi connectivity index (χ4v) is 3.02. The van der Waals surface area contributed by atoms with Gasteiger partial charge in [0.25, 0.3) is 5.91 Å². The van der Waals surface area contributed by atoms with Crippen molar-refractivity contribution in [2.75, 3.05) is 33.8 Å². The third-order valence-electron chi connectivity index (χ3n) is 4.12. The lowest BCUT2D eigenvalue weighted by Gasteiger charge is -2.16. The first-order valence-electron chi connectivity index (χ1n) is 8.81. The van der Waals surface area contributed by atoms with Gasteiger partial charge in [-0.1, -0.05) is 23.2 Å². The van der Waals surface area contributed by atoms with Crippen LogP contribution >= 0.6 is 23.2 Å². The second-order valence-electron chi connectivity index (χ2n) is 6.04. The zero-order valence-corrected chi connectivity index (χ0v) is 19.0. The molecule has 0 saturated heterocycles. The van der Waals surface area contributed by atoms with Crippen LogP contribution in [0.2, 0.25) is 10.0 Å². The SMILES string of the molecule is COc1cc(N=NC(C(C)=O)C(=O)Nc2c(OC)ccc(OC)c2Cl)c(Cl)c(OC)c1. The number of azo groups is 1. The Labute approximate surface area is 189 Å². The number of ketones is 1. The number of amides is 1. The monoisotopic (exact) mass is 469 g/mol. The van der Waals surface area contributed by atoms with E-state index in [1.54, 1.807) is 18.2 Å². The summed E-state index contributed by atoms with van der Waals surface area (Å²) in [6.07, 6.45) is 0. The van der Waals surface area contributed by atoms with Gasteiger partial charge in [0.15, 0.2) is 5.78 Å². The molecule has 1 N–H and O–H groups in total. The number of methoxy groups -OCH3 is 4. The zero-order chi connectivity index (χ0) is 23.1. The van der Waals surface area contributed by atoms with E-state index in [2.05, 4.69) is 15.5 Å². The number of halogens is 2. The molecule has 0 bridgehead atoms. The number of nitrogens with one attached hydrogen (secondary N) is 1. The predicted octanol–water partition coefficient (Wildman–Crippen LogP) is 4.71. The molecular weight excluding hydrogens is 449 g/mol. The number of carbonyl (C=O) groups excluding carboxylic acids is 2. The topological polar surface area (TPSA) is 108 Å². The number of benzene rings is 2. The third-order valence-corrected chi connectivity index (χ3v) is 4.87. The lowest BCUT2D eigenvalue weighted by molar-refractivity contribution is -0.126. The van der Waals surface area contributed by atoms with Gasteiger partial charge < -0.3 is 24.3 Å². The van der Waals surface area contributed by atoms with E-state index in [1.165, 1.54) is 41.4 Å². The van der Waals surface area contributed by atoms with E-state index in [4.69, 9.17) is 42.1 Å². The number of ether oxygens (including phenoxy) is 4. The summed E-state index contributed by atoms with van der Waals surface area (Å²) in [6, 6.07) is 4.73. The molecule has 0 spiro atoms. The summed E-state index contributed by atoms with van der Waals surface area (Å²) in [5.41, 5.74) is 0.296. The number of carbonyl (C=O) groups is 2. The minimum Gasteiger partial charge on any atom is -0.497 e. The molecule has 2 aromatic carbocycles. The first-order valence-corrected chi connectivity index (χ1v) is 9.57. The van der Waals surface area contributed by atoms with Crippen molar-refractivity contribution in [3.63, 3.8) is 0 Å². The van der Waals surface area contributed by atoms with E-state index < -0.39 is 17.7 Å². The fraction of sp³-hybridized carbons (Fsp3) is 0.300. The smallest absolute Gasteiger partial charge is 0.258 e. The van der Waals surface area contributed by atoms with E-state index >= 15 is 0 Å². The van der Waals surface area contributed by atoms with E-state index in [-0.39, 0.29) is 27.2 Å². The Hall–Kier alpha value is -3.04. The number of nitrogens with zero attached hydrogens (tertiary/aromatic N) is 2. The minimum absolute atomic E-state index is 0.106. The summed E-state index contributed by atoms with van der Waals surface area (Å²) >= 11 is 12.5. The van der Waals surface area contributed by atoms with Crippen LogP contribution in [0.3, 0.4) is 0 Å². The van der Waals surface area contributed by atoms with Gasteiger partial charge in [-0.3, -0.25) is 9.59 Å². The van der Waals surface area contributed by atoms with Crippen molar-refractivity contribution in [3.05, 3.63) is 34.3 Å². The summed E-state index contributed by atoms with van der Waals surface area (Å²) in [5.74, 6) is -0.0208. The van der Waals surface area contributed by atoms with Gasteiger partial charge in [-0.15, -0.1) is 0 Å². The Morgan fingerprint density at radius 1 is 0.903 bits per heavy atom. The minimum atomic E-state index is -1.47. The number of hydrogen-bond donors (Lipinski definition) is 1. The molecule has 0 saturated carbocycles. The molecular formula is C20H21Cl2N3O6. The van der Waals surface area contributed by atoms with Crippen LogP contribution in [-0.2, 0) is 9.59 Å². The second kappa shape index (κ2) is 10.8. The molecule has 11 heteroatoms. The molecule has 9 nitrogen and oxygen atoms in total. The van der Waals surface area contributed by atoms with Gasteiger partial charge in [-0.05, 0) is 19.1 Å². The number of hydrogen-bond acceptors (Lipinski definition) is 8. The van der Waals surface area contributed by atoms with Gasteiger partial charge >= 0.3 is 0 Å². The van der Waals surface area contributed by atoms with Crippen molar-refractivity contribution < 1.29 is 28.5 Å². The Balaban J connectivity index is 2.38. The van der Waals surface area contributed by atoms with Crippen LogP contribution in [0, 0.1) is 0 Å². The Morgan fingerprint density at radius 2 is 1.52 bits per heavy atom. The predicted molar refractivity (Wildman–Crippen MR) is 117 cm³/mol. The zero-order valence-electron chi connectivity index (χ0n) is 17.5. The fourth-order valence-electron chi connectivity index (χ4n) is 2.51. The summed E-state index contributed by atoms with van der Waals surface area (Å²) in [7, 11) is 5.73. The van der Waals surface area contributed by atoms with Crippen LogP contribution in [0.4, 0.5) is 11.4 Å². The van der Waals surface area contributed by atoms with Gasteiger partial charge in [0.05, 0.1) is 28.4 Å². The molecule has 0 aliphatic heterocycles. The second-order valence-corrected chi connectivity index (χ2v) is 6.80. The standard InChI is InChI=1S/C20H21Cl2N3O6/c1-10(26)18(25-24-12-8-11(28-2)9-15(31-5)16(12)21)20(27)23-19-14(30-4)7-6-13(29-3)17(19)22/h6-9,18H,1-5H3,(H,23,27). The van der Waals surface area contributed by atoms with Crippen LogP contribution in [0.25, 0.3) is 0 Å². The lowest BCUT2D eigenvalue weighted by Crippen LogP contribution is -2.32. The molecule has 0 aliphatic carbocycles. The molecule has 1 atom stereocenters. The van der Waals surface area contributed by atoms with Crippen LogP contribution in [0.5, 0.6) is 23.0 Å².